The molecular formula is C9H5Cl7O3. The van der Waals surface area contributed by atoms with Crippen LogP contribution < -0.4 is 0 Å². The Kier molecular flexibility index (Phi) is 8.97. The molecule has 1 aromatic rings. The number of hydrogen-bond acceptors (Lipinski definition) is 3. The molecule has 0 saturated heterocycles. The summed E-state index contributed by atoms with van der Waals surface area (Å²) >= 11 is 35.8. The molecule has 0 spiro atoms. The molecular weight excluding hydrogens is 404 g/mol. The number of carbonyl (C=O) groups excluding carboxylic acids is 1. The lowest BCUT2D eigenvalue weighted by atomic mass is 10.4. The predicted molar refractivity (Wildman–Crippen MR) is 79.6 cm³/mol. The summed E-state index contributed by atoms with van der Waals surface area (Å²) < 4.78 is 3.50. The van der Waals surface area contributed by atoms with Crippen molar-refractivity contribution in [3.05, 3.63) is 35.4 Å². The van der Waals surface area contributed by atoms with E-state index in [1.807, 2.05) is 30.3 Å². The van der Waals surface area contributed by atoms with E-state index in [-0.39, 0.29) is 0 Å². The molecule has 0 heterocycles. The van der Waals surface area contributed by atoms with Crippen molar-refractivity contribution in [2.45, 2.75) is 7.96 Å². The van der Waals surface area contributed by atoms with E-state index in [1.165, 1.54) is 0 Å². The third-order valence-electron chi connectivity index (χ3n) is 1.13. The van der Waals surface area contributed by atoms with Crippen molar-refractivity contribution in [3.8, 4) is 0 Å². The van der Waals surface area contributed by atoms with Crippen LogP contribution >= 0.6 is 81.2 Å². The quantitative estimate of drug-likeness (QED) is 0.382. The first-order valence-corrected chi connectivity index (χ1v) is 6.90. The molecule has 1 aromatic carbocycles. The SMILES string of the molecule is Clc1ccccc1.O=C(OC(Cl)(Cl)Cl)OC(Cl)(Cl)Cl. The van der Waals surface area contributed by atoms with Crippen molar-refractivity contribution in [2.24, 2.45) is 0 Å². The fourth-order valence-electron chi connectivity index (χ4n) is 0.624. The molecule has 0 bridgehead atoms. The van der Waals surface area contributed by atoms with Gasteiger partial charge in [-0.15, -0.1) is 0 Å². The summed E-state index contributed by atoms with van der Waals surface area (Å²) in [6.45, 7) is 0. The van der Waals surface area contributed by atoms with E-state index in [2.05, 4.69) is 9.47 Å². The molecule has 0 unspecified atom stereocenters. The van der Waals surface area contributed by atoms with Crippen LogP contribution in [-0.4, -0.2) is 14.1 Å². The minimum absolute atomic E-state index is 0.794. The standard InChI is InChI=1S/C6H5Cl.C3Cl6O3/c7-6-4-2-1-3-5-6;4-2(5,6)11-1(10)12-3(7,8)9/h1-5H;. The second-order valence-electron chi connectivity index (χ2n) is 2.64. The maximum absolute atomic E-state index is 10.5. The molecule has 0 aromatic heterocycles. The fraction of sp³-hybridized carbons (Fsp3) is 0.222. The Labute approximate surface area is 144 Å². The predicted octanol–water partition coefficient (Wildman–Crippen LogP) is 6.13. The number of carbonyl (C=O) groups is 1. The Hall–Kier alpha value is 0.520. The Balaban J connectivity index is 0.000000388. The van der Waals surface area contributed by atoms with Gasteiger partial charge in [-0.3, -0.25) is 0 Å². The summed E-state index contributed by atoms with van der Waals surface area (Å²) in [6.07, 6.45) is -1.41. The third-order valence-corrected chi connectivity index (χ3v) is 1.85. The summed E-state index contributed by atoms with van der Waals surface area (Å²) in [4.78, 5) is 10.5. The molecule has 0 amide bonds. The van der Waals surface area contributed by atoms with Crippen LogP contribution in [0.25, 0.3) is 0 Å². The van der Waals surface area contributed by atoms with Gasteiger partial charge in [0.1, 0.15) is 0 Å². The van der Waals surface area contributed by atoms with Crippen LogP contribution in [-0.2, 0) is 9.47 Å². The lowest BCUT2D eigenvalue weighted by Gasteiger charge is -2.15. The Morgan fingerprint density at radius 1 is 0.842 bits per heavy atom. The van der Waals surface area contributed by atoms with E-state index in [4.69, 9.17) is 81.2 Å². The lowest BCUT2D eigenvalue weighted by Crippen LogP contribution is -2.22. The first-order valence-electron chi connectivity index (χ1n) is 4.25. The summed E-state index contributed by atoms with van der Waals surface area (Å²) in [6, 6.07) is 9.44. The molecule has 0 aliphatic heterocycles. The van der Waals surface area contributed by atoms with E-state index < -0.39 is 14.1 Å². The minimum atomic E-state index is -2.24. The number of benzene rings is 1. The average molecular weight is 409 g/mol. The molecule has 0 saturated carbocycles. The van der Waals surface area contributed by atoms with Gasteiger partial charge >= 0.3 is 14.1 Å². The van der Waals surface area contributed by atoms with Crippen molar-refractivity contribution in [3.63, 3.8) is 0 Å². The van der Waals surface area contributed by atoms with Crippen molar-refractivity contribution in [1.82, 2.24) is 0 Å². The molecule has 108 valence electrons. The first-order chi connectivity index (χ1) is 8.49. The fourth-order valence-corrected chi connectivity index (χ4v) is 1.15. The highest BCUT2D eigenvalue weighted by molar-refractivity contribution is 6.67. The normalized spacial score (nSPS) is 11.1. The van der Waals surface area contributed by atoms with Crippen LogP contribution in [0.15, 0.2) is 30.3 Å². The zero-order chi connectivity index (χ0) is 15.1. The van der Waals surface area contributed by atoms with Gasteiger partial charge in [0.25, 0.3) is 0 Å². The number of alkyl halides is 6. The largest absolute Gasteiger partial charge is 0.515 e. The Morgan fingerprint density at radius 3 is 1.42 bits per heavy atom. The zero-order valence-corrected chi connectivity index (χ0v) is 14.0. The van der Waals surface area contributed by atoms with Gasteiger partial charge in [-0.1, -0.05) is 29.8 Å². The minimum Gasteiger partial charge on any atom is -0.382 e. The molecule has 3 nitrogen and oxygen atoms in total. The van der Waals surface area contributed by atoms with Crippen LogP contribution in [0.2, 0.25) is 5.02 Å². The maximum atomic E-state index is 10.5. The van der Waals surface area contributed by atoms with Crippen molar-refractivity contribution < 1.29 is 14.3 Å². The van der Waals surface area contributed by atoms with Crippen molar-refractivity contribution in [2.75, 3.05) is 0 Å². The molecule has 1 rings (SSSR count). The van der Waals surface area contributed by atoms with Crippen LogP contribution in [0.5, 0.6) is 0 Å². The summed E-state index contributed by atoms with van der Waals surface area (Å²) in [5.41, 5.74) is 0. The van der Waals surface area contributed by atoms with Gasteiger partial charge < -0.3 is 9.47 Å². The highest BCUT2D eigenvalue weighted by Gasteiger charge is 2.32. The second-order valence-corrected chi connectivity index (χ2v) is 7.43. The second kappa shape index (κ2) is 8.73. The zero-order valence-electron chi connectivity index (χ0n) is 8.76. The monoisotopic (exact) mass is 406 g/mol. The van der Waals surface area contributed by atoms with Crippen molar-refractivity contribution in [1.29, 1.82) is 0 Å². The van der Waals surface area contributed by atoms with Crippen LogP contribution in [0.4, 0.5) is 4.79 Å². The molecule has 10 heteroatoms. The topological polar surface area (TPSA) is 35.5 Å². The third kappa shape index (κ3) is 14.7. The van der Waals surface area contributed by atoms with Gasteiger partial charge in [0.15, 0.2) is 0 Å². The van der Waals surface area contributed by atoms with Gasteiger partial charge in [0.2, 0.25) is 0 Å². The van der Waals surface area contributed by atoms with Gasteiger partial charge in [-0.05, 0) is 81.7 Å². The van der Waals surface area contributed by atoms with Crippen LogP contribution in [0.1, 0.15) is 0 Å². The number of halogens is 7. The molecule has 0 aliphatic carbocycles. The van der Waals surface area contributed by atoms with Gasteiger partial charge in [-0.2, -0.15) is 0 Å². The summed E-state index contributed by atoms with van der Waals surface area (Å²) in [5, 5.41) is 0.794. The van der Waals surface area contributed by atoms with E-state index >= 15 is 0 Å². The molecule has 19 heavy (non-hydrogen) atoms. The Morgan fingerprint density at radius 2 is 1.21 bits per heavy atom. The van der Waals surface area contributed by atoms with E-state index in [9.17, 15) is 4.79 Å². The van der Waals surface area contributed by atoms with Crippen LogP contribution in [0, 0.1) is 0 Å². The average Bonchev–Trinajstić information content (AvgIpc) is 2.13. The summed E-state index contributed by atoms with van der Waals surface area (Å²) in [5.74, 6) is 0. The highest BCUT2D eigenvalue weighted by Crippen LogP contribution is 2.32. The van der Waals surface area contributed by atoms with Gasteiger partial charge in [0, 0.05) is 5.02 Å². The van der Waals surface area contributed by atoms with E-state index in [0.717, 1.165) is 5.02 Å². The number of rotatable bonds is 0. The molecule has 0 radical (unpaired) electrons. The summed E-state index contributed by atoms with van der Waals surface area (Å²) in [7, 11) is 0. The van der Waals surface area contributed by atoms with Gasteiger partial charge in [0.05, 0.1) is 0 Å². The Bertz CT molecular complexity index is 367. The highest BCUT2D eigenvalue weighted by atomic mass is 35.6. The van der Waals surface area contributed by atoms with E-state index in [1.54, 1.807) is 0 Å². The van der Waals surface area contributed by atoms with Crippen LogP contribution in [0.3, 0.4) is 0 Å². The molecule has 0 aliphatic rings. The molecule has 0 fully saturated rings. The molecule has 0 atom stereocenters. The maximum Gasteiger partial charge on any atom is 0.515 e. The van der Waals surface area contributed by atoms with Gasteiger partial charge in [-0.25, -0.2) is 4.79 Å². The smallest absolute Gasteiger partial charge is 0.382 e. The lowest BCUT2D eigenvalue weighted by molar-refractivity contribution is 0.0508. The number of ether oxygens (including phenoxy) is 2. The van der Waals surface area contributed by atoms with Crippen molar-refractivity contribution >= 4 is 87.4 Å². The number of hydrogen-bond donors (Lipinski definition) is 0. The van der Waals surface area contributed by atoms with E-state index in [0.29, 0.717) is 0 Å². The molecule has 0 N–H and O–H groups in total. The first kappa shape index (κ1) is 19.5.